The van der Waals surface area contributed by atoms with E-state index < -0.39 is 0 Å². The third kappa shape index (κ3) is 4.23. The number of rotatable bonds is 7. The van der Waals surface area contributed by atoms with E-state index in [9.17, 15) is 0 Å². The Morgan fingerprint density at radius 3 is 2.77 bits per heavy atom. The third-order valence-electron chi connectivity index (χ3n) is 3.68. The van der Waals surface area contributed by atoms with Crippen molar-refractivity contribution in [1.29, 1.82) is 0 Å². The topological polar surface area (TPSA) is 100 Å². The van der Waals surface area contributed by atoms with E-state index in [1.807, 2.05) is 24.3 Å². The molecule has 0 aliphatic heterocycles. The van der Waals surface area contributed by atoms with Crippen LogP contribution in [0.2, 0.25) is 0 Å². The van der Waals surface area contributed by atoms with Gasteiger partial charge in [0.1, 0.15) is 6.61 Å². The van der Waals surface area contributed by atoms with Gasteiger partial charge in [0.05, 0.1) is 18.1 Å². The predicted molar refractivity (Wildman–Crippen MR) is 101 cm³/mol. The molecule has 1 aromatic heterocycles. The minimum Gasteiger partial charge on any atom is -0.493 e. The normalized spacial score (nSPS) is 10.6. The van der Waals surface area contributed by atoms with Gasteiger partial charge in [0.25, 0.3) is 5.95 Å². The lowest BCUT2D eigenvalue weighted by Gasteiger charge is -2.15. The van der Waals surface area contributed by atoms with Crippen molar-refractivity contribution in [1.82, 2.24) is 20.3 Å². The summed E-state index contributed by atoms with van der Waals surface area (Å²) in [6.07, 6.45) is 0. The van der Waals surface area contributed by atoms with E-state index in [4.69, 9.17) is 15.2 Å². The van der Waals surface area contributed by atoms with Gasteiger partial charge in [0.15, 0.2) is 11.5 Å². The van der Waals surface area contributed by atoms with Crippen LogP contribution in [0, 0.1) is 6.92 Å². The first-order valence-corrected chi connectivity index (χ1v) is 8.68. The number of nitrogens with zero attached hydrogens (tertiary/aromatic N) is 4. The summed E-state index contributed by atoms with van der Waals surface area (Å²) in [6.45, 7) is 2.97. The van der Waals surface area contributed by atoms with E-state index in [-0.39, 0.29) is 5.95 Å². The lowest BCUT2D eigenvalue weighted by molar-refractivity contribution is 0.282. The van der Waals surface area contributed by atoms with Crippen molar-refractivity contribution in [3.8, 4) is 11.5 Å². The molecule has 0 amide bonds. The maximum Gasteiger partial charge on any atom is 0.260 e. The van der Waals surface area contributed by atoms with Crippen LogP contribution in [0.5, 0.6) is 11.5 Å². The second-order valence-corrected chi connectivity index (χ2v) is 6.52. The zero-order chi connectivity index (χ0) is 18.5. The summed E-state index contributed by atoms with van der Waals surface area (Å²) in [6, 6.07) is 12.0. The third-order valence-corrected chi connectivity index (χ3v) is 4.27. The van der Waals surface area contributed by atoms with Crippen LogP contribution in [0.1, 0.15) is 16.7 Å². The summed E-state index contributed by atoms with van der Waals surface area (Å²) in [4.78, 5) is 1.31. The Kier molecular flexibility index (Phi) is 5.57. The van der Waals surface area contributed by atoms with Gasteiger partial charge in [-0.1, -0.05) is 34.9 Å². The molecule has 0 fully saturated rings. The fourth-order valence-corrected chi connectivity index (χ4v) is 3.05. The lowest BCUT2D eigenvalue weighted by Crippen LogP contribution is -2.18. The number of ether oxygens (including phenoxy) is 2. The molecule has 0 atom stereocenters. The van der Waals surface area contributed by atoms with Crippen LogP contribution in [-0.2, 0) is 13.2 Å². The second-order valence-electron chi connectivity index (χ2n) is 5.67. The summed E-state index contributed by atoms with van der Waals surface area (Å²) >= 11 is 3.56. The van der Waals surface area contributed by atoms with Gasteiger partial charge in [0.2, 0.25) is 0 Å². The Balaban J connectivity index is 1.73. The average Bonchev–Trinajstić information content (AvgIpc) is 3.03. The molecule has 0 saturated carbocycles. The molecule has 0 radical (unpaired) electrons. The van der Waals surface area contributed by atoms with Gasteiger partial charge < -0.3 is 20.6 Å². The molecule has 3 aromatic rings. The summed E-state index contributed by atoms with van der Waals surface area (Å²) < 4.78 is 12.3. The summed E-state index contributed by atoms with van der Waals surface area (Å²) in [5, 5.41) is 10.8. The van der Waals surface area contributed by atoms with Gasteiger partial charge in [-0.05, 0) is 56.5 Å². The van der Waals surface area contributed by atoms with Crippen molar-refractivity contribution in [3.05, 3.63) is 57.6 Å². The Morgan fingerprint density at radius 1 is 1.23 bits per heavy atom. The monoisotopic (exact) mass is 418 g/mol. The first-order chi connectivity index (χ1) is 12.6. The molecule has 1 heterocycles. The van der Waals surface area contributed by atoms with Crippen molar-refractivity contribution in [2.75, 3.05) is 18.3 Å². The molecular formula is C17H19BrN6O2. The molecule has 0 spiro atoms. The van der Waals surface area contributed by atoms with E-state index in [1.165, 1.54) is 10.4 Å². The standard InChI is InChI=1S/C17H19BrN6O2/c1-11-4-3-5-12(6-11)10-26-16-14(18)7-13(8-15(16)25-2)9-20-24-17(19)21-22-23-24/h3-8,20H,9-10H2,1-2H3,(H2,19,21,23). The Morgan fingerprint density at radius 2 is 2.08 bits per heavy atom. The molecule has 8 nitrogen and oxygen atoms in total. The zero-order valence-corrected chi connectivity index (χ0v) is 16.0. The number of anilines is 1. The number of aryl methyl sites for hydroxylation is 1. The van der Waals surface area contributed by atoms with E-state index in [1.54, 1.807) is 7.11 Å². The molecule has 0 bridgehead atoms. The largest absolute Gasteiger partial charge is 0.493 e. The highest BCUT2D eigenvalue weighted by molar-refractivity contribution is 9.10. The van der Waals surface area contributed by atoms with Crippen LogP contribution in [0.4, 0.5) is 5.95 Å². The molecule has 3 rings (SSSR count). The first-order valence-electron chi connectivity index (χ1n) is 7.89. The quantitative estimate of drug-likeness (QED) is 0.607. The fourth-order valence-electron chi connectivity index (χ4n) is 2.45. The van der Waals surface area contributed by atoms with Gasteiger partial charge in [-0.2, -0.15) is 0 Å². The van der Waals surface area contributed by atoms with Crippen molar-refractivity contribution in [3.63, 3.8) is 0 Å². The minimum atomic E-state index is 0.189. The highest BCUT2D eigenvalue weighted by Crippen LogP contribution is 2.37. The number of nitrogens with two attached hydrogens (primary N) is 1. The molecule has 0 saturated heterocycles. The molecule has 2 aromatic carbocycles. The van der Waals surface area contributed by atoms with Crippen molar-refractivity contribution in [2.45, 2.75) is 20.1 Å². The number of halogens is 1. The molecule has 26 heavy (non-hydrogen) atoms. The molecule has 136 valence electrons. The summed E-state index contributed by atoms with van der Waals surface area (Å²) in [7, 11) is 1.61. The average molecular weight is 419 g/mol. The minimum absolute atomic E-state index is 0.189. The number of aromatic nitrogens is 4. The number of methoxy groups -OCH3 is 1. The van der Waals surface area contributed by atoms with Gasteiger partial charge >= 0.3 is 0 Å². The molecular weight excluding hydrogens is 400 g/mol. The Labute approximate surface area is 159 Å². The number of nitrogen functional groups attached to an aromatic ring is 1. The van der Waals surface area contributed by atoms with Crippen LogP contribution in [0.25, 0.3) is 0 Å². The first kappa shape index (κ1) is 18.0. The number of hydrogen-bond acceptors (Lipinski definition) is 7. The molecule has 3 N–H and O–H groups in total. The van der Waals surface area contributed by atoms with E-state index >= 15 is 0 Å². The van der Waals surface area contributed by atoms with Crippen LogP contribution in [0.3, 0.4) is 0 Å². The van der Waals surface area contributed by atoms with E-state index in [0.717, 1.165) is 15.6 Å². The smallest absolute Gasteiger partial charge is 0.260 e. The van der Waals surface area contributed by atoms with Crippen LogP contribution >= 0.6 is 15.9 Å². The predicted octanol–water partition coefficient (Wildman–Crippen LogP) is 2.66. The zero-order valence-electron chi connectivity index (χ0n) is 14.4. The van der Waals surface area contributed by atoms with Gasteiger partial charge in [-0.25, -0.2) is 0 Å². The van der Waals surface area contributed by atoms with Crippen molar-refractivity contribution >= 4 is 21.9 Å². The second kappa shape index (κ2) is 8.05. The number of hydrogen-bond donors (Lipinski definition) is 2. The number of tetrazole rings is 1. The molecule has 0 aliphatic carbocycles. The highest BCUT2D eigenvalue weighted by atomic mass is 79.9. The van der Waals surface area contributed by atoms with E-state index in [0.29, 0.717) is 24.7 Å². The lowest BCUT2D eigenvalue weighted by atomic mass is 10.1. The van der Waals surface area contributed by atoms with Gasteiger partial charge in [-0.3, -0.25) is 0 Å². The van der Waals surface area contributed by atoms with Crippen LogP contribution < -0.4 is 20.6 Å². The maximum absolute atomic E-state index is 5.97. The van der Waals surface area contributed by atoms with E-state index in [2.05, 4.69) is 55.9 Å². The summed E-state index contributed by atoms with van der Waals surface area (Å²) in [5.74, 6) is 1.47. The molecule has 0 unspecified atom stereocenters. The maximum atomic E-state index is 5.97. The highest BCUT2D eigenvalue weighted by Gasteiger charge is 2.12. The fraction of sp³-hybridized carbons (Fsp3) is 0.235. The van der Waals surface area contributed by atoms with Crippen LogP contribution in [0.15, 0.2) is 40.9 Å². The van der Waals surface area contributed by atoms with Gasteiger partial charge in [-0.15, -0.1) is 4.79 Å². The number of benzene rings is 2. The van der Waals surface area contributed by atoms with Gasteiger partial charge in [0, 0.05) is 0 Å². The number of nitrogens with one attached hydrogen (secondary N) is 1. The van der Waals surface area contributed by atoms with Crippen molar-refractivity contribution in [2.24, 2.45) is 0 Å². The molecule has 0 aliphatic rings. The van der Waals surface area contributed by atoms with Crippen molar-refractivity contribution < 1.29 is 9.47 Å². The Bertz CT molecular complexity index is 899. The summed E-state index contributed by atoms with van der Waals surface area (Å²) in [5.41, 5.74) is 11.9. The van der Waals surface area contributed by atoms with Crippen LogP contribution in [-0.4, -0.2) is 27.4 Å². The molecule has 9 heteroatoms. The SMILES string of the molecule is COc1cc(CNn2nnnc2N)cc(Br)c1OCc1cccc(C)c1. The Hall–Kier alpha value is -2.81.